The van der Waals surface area contributed by atoms with Crippen molar-refractivity contribution in [3.05, 3.63) is 35.9 Å². The van der Waals surface area contributed by atoms with E-state index in [9.17, 15) is 0 Å². The molecule has 0 radical (unpaired) electrons. The van der Waals surface area contributed by atoms with Crippen molar-refractivity contribution in [2.75, 3.05) is 26.3 Å². The lowest BCUT2D eigenvalue weighted by Gasteiger charge is -2.39. The first kappa shape index (κ1) is 16.5. The summed E-state index contributed by atoms with van der Waals surface area (Å²) in [6.07, 6.45) is 7.58. The van der Waals surface area contributed by atoms with E-state index in [2.05, 4.69) is 35.6 Å². The molecule has 4 rings (SSSR count). The van der Waals surface area contributed by atoms with E-state index in [1.54, 1.807) is 0 Å². The van der Waals surface area contributed by atoms with Gasteiger partial charge in [0.05, 0.1) is 25.4 Å². The molecular formula is C20H29NO3. The van der Waals surface area contributed by atoms with E-state index in [0.29, 0.717) is 12.5 Å². The van der Waals surface area contributed by atoms with Gasteiger partial charge in [0, 0.05) is 31.0 Å². The van der Waals surface area contributed by atoms with Gasteiger partial charge in [-0.05, 0) is 12.8 Å². The summed E-state index contributed by atoms with van der Waals surface area (Å²) in [5, 5.41) is 3.40. The maximum atomic E-state index is 6.65. The molecule has 4 heteroatoms. The van der Waals surface area contributed by atoms with Gasteiger partial charge in [0.15, 0.2) is 5.79 Å². The van der Waals surface area contributed by atoms with Crippen LogP contribution in [0.15, 0.2) is 30.3 Å². The van der Waals surface area contributed by atoms with Crippen LogP contribution in [-0.4, -0.2) is 38.5 Å². The Morgan fingerprint density at radius 2 is 1.88 bits per heavy atom. The monoisotopic (exact) mass is 331 g/mol. The average Bonchev–Trinajstić information content (AvgIpc) is 3.09. The fourth-order valence-electron chi connectivity index (χ4n) is 4.47. The first-order chi connectivity index (χ1) is 11.9. The number of ether oxygens (including phenoxy) is 3. The molecule has 3 unspecified atom stereocenters. The molecule has 1 aromatic carbocycles. The normalized spacial score (nSPS) is 35.2. The predicted molar refractivity (Wildman–Crippen MR) is 92.7 cm³/mol. The Morgan fingerprint density at radius 3 is 2.62 bits per heavy atom. The Bertz CT molecular complexity index is 511. The van der Waals surface area contributed by atoms with Gasteiger partial charge < -0.3 is 19.5 Å². The molecule has 1 saturated carbocycles. The SMILES string of the molecule is c1ccc(C2(C3CCCCC3)OCC(CC3CNCCO3)O2)cc1. The highest BCUT2D eigenvalue weighted by atomic mass is 16.7. The zero-order valence-electron chi connectivity index (χ0n) is 14.4. The highest BCUT2D eigenvalue weighted by molar-refractivity contribution is 5.22. The molecule has 0 spiro atoms. The van der Waals surface area contributed by atoms with Gasteiger partial charge in [-0.3, -0.25) is 0 Å². The summed E-state index contributed by atoms with van der Waals surface area (Å²) in [6.45, 7) is 3.34. The van der Waals surface area contributed by atoms with Gasteiger partial charge in [-0.1, -0.05) is 49.6 Å². The van der Waals surface area contributed by atoms with Crippen molar-refractivity contribution in [2.24, 2.45) is 5.92 Å². The van der Waals surface area contributed by atoms with E-state index in [-0.39, 0.29) is 12.2 Å². The molecule has 1 aliphatic carbocycles. The first-order valence-corrected chi connectivity index (χ1v) is 9.56. The molecule has 3 fully saturated rings. The molecule has 2 heterocycles. The Balaban J connectivity index is 1.51. The fourth-order valence-corrected chi connectivity index (χ4v) is 4.47. The average molecular weight is 331 g/mol. The Morgan fingerprint density at radius 1 is 1.04 bits per heavy atom. The number of morpholine rings is 1. The molecule has 0 amide bonds. The van der Waals surface area contributed by atoms with E-state index in [1.807, 2.05) is 0 Å². The summed E-state index contributed by atoms with van der Waals surface area (Å²) in [4.78, 5) is 0. The summed E-state index contributed by atoms with van der Waals surface area (Å²) in [5.74, 6) is -0.0851. The van der Waals surface area contributed by atoms with E-state index >= 15 is 0 Å². The molecule has 0 bridgehead atoms. The van der Waals surface area contributed by atoms with Crippen LogP contribution in [0, 0.1) is 5.92 Å². The lowest BCUT2D eigenvalue weighted by molar-refractivity contribution is -0.223. The third kappa shape index (κ3) is 3.38. The van der Waals surface area contributed by atoms with Crippen LogP contribution in [-0.2, 0) is 20.0 Å². The molecule has 4 nitrogen and oxygen atoms in total. The van der Waals surface area contributed by atoms with Crippen molar-refractivity contribution in [1.82, 2.24) is 5.32 Å². The molecule has 0 aromatic heterocycles. The number of hydrogen-bond donors (Lipinski definition) is 1. The second kappa shape index (κ2) is 7.52. The number of nitrogens with one attached hydrogen (secondary N) is 1. The largest absolute Gasteiger partial charge is 0.375 e. The van der Waals surface area contributed by atoms with Crippen LogP contribution in [0.25, 0.3) is 0 Å². The third-order valence-electron chi connectivity index (χ3n) is 5.67. The van der Waals surface area contributed by atoms with Crippen LogP contribution in [0.2, 0.25) is 0 Å². The van der Waals surface area contributed by atoms with Crippen molar-refractivity contribution in [3.63, 3.8) is 0 Å². The summed E-state index contributed by atoms with van der Waals surface area (Å²) in [7, 11) is 0. The Hall–Kier alpha value is -0.940. The molecule has 2 aliphatic heterocycles. The van der Waals surface area contributed by atoms with Crippen molar-refractivity contribution in [1.29, 1.82) is 0 Å². The van der Waals surface area contributed by atoms with Gasteiger partial charge in [0.2, 0.25) is 0 Å². The standard InChI is InChI=1S/C20H29NO3/c1-3-7-16(8-4-1)20(17-9-5-2-6-10-17)23-15-19(24-20)13-18-14-21-11-12-22-18/h1,3-4,7-8,17-19,21H,2,5-6,9-15H2. The smallest absolute Gasteiger partial charge is 0.198 e. The molecule has 2 saturated heterocycles. The van der Waals surface area contributed by atoms with Gasteiger partial charge in [-0.15, -0.1) is 0 Å². The van der Waals surface area contributed by atoms with E-state index < -0.39 is 5.79 Å². The van der Waals surface area contributed by atoms with Crippen LogP contribution < -0.4 is 5.32 Å². The summed E-state index contributed by atoms with van der Waals surface area (Å²) < 4.78 is 18.9. The van der Waals surface area contributed by atoms with Crippen LogP contribution in [0.1, 0.15) is 44.1 Å². The third-order valence-corrected chi connectivity index (χ3v) is 5.67. The topological polar surface area (TPSA) is 39.7 Å². The van der Waals surface area contributed by atoms with Crippen molar-refractivity contribution >= 4 is 0 Å². The summed E-state index contributed by atoms with van der Waals surface area (Å²) >= 11 is 0. The molecule has 3 aliphatic rings. The van der Waals surface area contributed by atoms with Gasteiger partial charge in [0.1, 0.15) is 0 Å². The molecule has 132 valence electrons. The number of hydrogen-bond acceptors (Lipinski definition) is 4. The van der Waals surface area contributed by atoms with E-state index in [1.165, 1.54) is 37.7 Å². The van der Waals surface area contributed by atoms with Crippen molar-refractivity contribution in [2.45, 2.75) is 56.5 Å². The van der Waals surface area contributed by atoms with Crippen molar-refractivity contribution in [3.8, 4) is 0 Å². The van der Waals surface area contributed by atoms with Crippen LogP contribution in [0.5, 0.6) is 0 Å². The summed E-state index contributed by atoms with van der Waals surface area (Å²) in [5.41, 5.74) is 1.18. The highest BCUT2D eigenvalue weighted by Gasteiger charge is 2.49. The maximum Gasteiger partial charge on any atom is 0.198 e. The van der Waals surface area contributed by atoms with E-state index in [0.717, 1.165) is 26.1 Å². The Kier molecular flexibility index (Phi) is 5.18. The Labute approximate surface area is 144 Å². The minimum atomic E-state index is -0.547. The quantitative estimate of drug-likeness (QED) is 0.920. The molecule has 3 atom stereocenters. The molecular weight excluding hydrogens is 302 g/mol. The van der Waals surface area contributed by atoms with Gasteiger partial charge in [0.25, 0.3) is 0 Å². The molecule has 1 aromatic rings. The first-order valence-electron chi connectivity index (χ1n) is 9.56. The van der Waals surface area contributed by atoms with E-state index in [4.69, 9.17) is 14.2 Å². The van der Waals surface area contributed by atoms with Crippen LogP contribution >= 0.6 is 0 Å². The fraction of sp³-hybridized carbons (Fsp3) is 0.700. The van der Waals surface area contributed by atoms with Crippen LogP contribution in [0.4, 0.5) is 0 Å². The minimum absolute atomic E-state index is 0.122. The zero-order valence-corrected chi connectivity index (χ0v) is 14.4. The van der Waals surface area contributed by atoms with Gasteiger partial charge >= 0.3 is 0 Å². The predicted octanol–water partition coefficient (Wildman–Crippen LogP) is 3.21. The molecule has 1 N–H and O–H groups in total. The highest BCUT2D eigenvalue weighted by Crippen LogP contribution is 2.47. The van der Waals surface area contributed by atoms with Crippen LogP contribution in [0.3, 0.4) is 0 Å². The lowest BCUT2D eigenvalue weighted by atomic mass is 9.80. The summed E-state index contributed by atoms with van der Waals surface area (Å²) in [6, 6.07) is 10.6. The zero-order chi connectivity index (χ0) is 16.2. The lowest BCUT2D eigenvalue weighted by Crippen LogP contribution is -2.41. The number of rotatable bonds is 4. The maximum absolute atomic E-state index is 6.65. The van der Waals surface area contributed by atoms with Crippen molar-refractivity contribution < 1.29 is 14.2 Å². The number of benzene rings is 1. The second-order valence-corrected chi connectivity index (χ2v) is 7.35. The van der Waals surface area contributed by atoms with Gasteiger partial charge in [-0.2, -0.15) is 0 Å². The second-order valence-electron chi connectivity index (χ2n) is 7.35. The molecule has 24 heavy (non-hydrogen) atoms. The van der Waals surface area contributed by atoms with Gasteiger partial charge in [-0.25, -0.2) is 0 Å². The minimum Gasteiger partial charge on any atom is -0.375 e.